The molecule has 0 aromatic carbocycles. The minimum atomic E-state index is 0.923. The topological polar surface area (TPSA) is 0 Å². The lowest BCUT2D eigenvalue weighted by Crippen LogP contribution is -2.27. The van der Waals surface area contributed by atoms with Crippen LogP contribution in [0.2, 0.25) is 0 Å². The van der Waals surface area contributed by atoms with Crippen molar-refractivity contribution >= 4 is 0 Å². The molecule has 3 rings (SSSR count). The average Bonchev–Trinajstić information content (AvgIpc) is 3.15. The number of fused-ring (bicyclic) bond motifs is 1. The van der Waals surface area contributed by atoms with Gasteiger partial charge in [0.05, 0.1) is 0 Å². The van der Waals surface area contributed by atoms with E-state index in [1.807, 2.05) is 5.57 Å². The lowest BCUT2D eigenvalue weighted by Gasteiger charge is -2.36. The van der Waals surface area contributed by atoms with Gasteiger partial charge >= 0.3 is 0 Å². The average molecular weight is 345 g/mol. The van der Waals surface area contributed by atoms with Crippen molar-refractivity contribution in [3.63, 3.8) is 0 Å². The van der Waals surface area contributed by atoms with Crippen LogP contribution in [0.3, 0.4) is 0 Å². The zero-order valence-corrected chi connectivity index (χ0v) is 17.6. The van der Waals surface area contributed by atoms with Gasteiger partial charge in [0.2, 0.25) is 0 Å². The maximum Gasteiger partial charge on any atom is -0.0166 e. The van der Waals surface area contributed by atoms with Gasteiger partial charge in [0.15, 0.2) is 0 Å². The molecule has 3 aliphatic carbocycles. The highest BCUT2D eigenvalue weighted by molar-refractivity contribution is 5.27. The first-order valence-corrected chi connectivity index (χ1v) is 11.8. The molecule has 0 aromatic heterocycles. The minimum Gasteiger partial charge on any atom is -0.0813 e. The molecule has 7 unspecified atom stereocenters. The van der Waals surface area contributed by atoms with Gasteiger partial charge in [-0.15, -0.1) is 0 Å². The van der Waals surface area contributed by atoms with Crippen LogP contribution in [-0.4, -0.2) is 0 Å². The molecule has 0 N–H and O–H groups in total. The predicted molar refractivity (Wildman–Crippen MR) is 111 cm³/mol. The molecule has 0 spiro atoms. The number of allylic oxidation sites excluding steroid dienone is 2. The van der Waals surface area contributed by atoms with Gasteiger partial charge in [-0.2, -0.15) is 0 Å². The molecule has 25 heavy (non-hydrogen) atoms. The second-order valence-corrected chi connectivity index (χ2v) is 10.1. The normalized spacial score (nSPS) is 43.8. The van der Waals surface area contributed by atoms with Crippen molar-refractivity contribution in [2.75, 3.05) is 0 Å². The molecule has 0 aliphatic heterocycles. The van der Waals surface area contributed by atoms with Gasteiger partial charge in [0.25, 0.3) is 0 Å². The van der Waals surface area contributed by atoms with Crippen molar-refractivity contribution in [3.05, 3.63) is 11.6 Å². The molecule has 3 aliphatic rings. The highest BCUT2D eigenvalue weighted by atomic mass is 14.5. The molecule has 0 amide bonds. The Hall–Kier alpha value is -0.260. The van der Waals surface area contributed by atoms with Crippen molar-refractivity contribution in [1.29, 1.82) is 0 Å². The minimum absolute atomic E-state index is 0.923. The van der Waals surface area contributed by atoms with Gasteiger partial charge in [-0.1, -0.05) is 97.1 Å². The molecule has 0 saturated heterocycles. The Morgan fingerprint density at radius 2 is 1.48 bits per heavy atom. The Morgan fingerprint density at radius 3 is 2.20 bits per heavy atom. The summed E-state index contributed by atoms with van der Waals surface area (Å²) in [5, 5.41) is 0. The molecule has 0 aromatic rings. The fourth-order valence-electron chi connectivity index (χ4n) is 6.25. The Bertz CT molecular complexity index is 433. The van der Waals surface area contributed by atoms with E-state index in [-0.39, 0.29) is 0 Å². The summed E-state index contributed by atoms with van der Waals surface area (Å²) < 4.78 is 0. The van der Waals surface area contributed by atoms with E-state index in [2.05, 4.69) is 33.8 Å². The standard InChI is InChI=1S/C25H44/c1-5-21-14-13-19(3)18(2)11-9-7-6-8-10-12-22-16-23-17-25(22)24(15-21)20(23)4/h17-24H,5-16H2,1-4H3. The van der Waals surface area contributed by atoms with Crippen molar-refractivity contribution in [2.45, 2.75) is 105 Å². The predicted octanol–water partition coefficient (Wildman–Crippen LogP) is 8.03. The zero-order valence-electron chi connectivity index (χ0n) is 17.6. The smallest absolute Gasteiger partial charge is 0.0166 e. The Morgan fingerprint density at radius 1 is 0.800 bits per heavy atom. The van der Waals surface area contributed by atoms with Crippen LogP contribution in [0.15, 0.2) is 11.6 Å². The quantitative estimate of drug-likeness (QED) is 0.422. The van der Waals surface area contributed by atoms with Crippen LogP contribution in [0.5, 0.6) is 0 Å². The number of rotatable bonds is 1. The third-order valence-corrected chi connectivity index (χ3v) is 8.55. The van der Waals surface area contributed by atoms with Crippen molar-refractivity contribution < 1.29 is 0 Å². The maximum absolute atomic E-state index is 2.74. The molecule has 2 bridgehead atoms. The van der Waals surface area contributed by atoms with E-state index in [0.29, 0.717) is 0 Å². The summed E-state index contributed by atoms with van der Waals surface area (Å²) in [6.45, 7) is 10.0. The Kier molecular flexibility index (Phi) is 7.09. The second kappa shape index (κ2) is 9.09. The van der Waals surface area contributed by atoms with Crippen LogP contribution in [0.4, 0.5) is 0 Å². The second-order valence-electron chi connectivity index (χ2n) is 10.1. The summed E-state index contributed by atoms with van der Waals surface area (Å²) in [6, 6.07) is 0. The fraction of sp³-hybridized carbons (Fsp3) is 0.920. The highest BCUT2D eigenvalue weighted by Crippen LogP contribution is 2.54. The van der Waals surface area contributed by atoms with E-state index in [4.69, 9.17) is 0 Å². The van der Waals surface area contributed by atoms with Crippen LogP contribution < -0.4 is 0 Å². The van der Waals surface area contributed by atoms with E-state index in [0.717, 1.165) is 41.4 Å². The summed E-state index contributed by atoms with van der Waals surface area (Å²) in [7, 11) is 0. The van der Waals surface area contributed by atoms with E-state index >= 15 is 0 Å². The third-order valence-electron chi connectivity index (χ3n) is 8.55. The van der Waals surface area contributed by atoms with Gasteiger partial charge < -0.3 is 0 Å². The Balaban J connectivity index is 1.64. The van der Waals surface area contributed by atoms with Gasteiger partial charge in [0.1, 0.15) is 0 Å². The monoisotopic (exact) mass is 344 g/mol. The molecular weight excluding hydrogens is 300 g/mol. The summed E-state index contributed by atoms with van der Waals surface area (Å²) in [5.41, 5.74) is 1.92. The van der Waals surface area contributed by atoms with E-state index in [1.165, 1.54) is 77.0 Å². The van der Waals surface area contributed by atoms with Crippen molar-refractivity contribution in [2.24, 2.45) is 41.4 Å². The van der Waals surface area contributed by atoms with E-state index < -0.39 is 0 Å². The van der Waals surface area contributed by atoms with Gasteiger partial charge in [-0.05, 0) is 60.7 Å². The SMILES string of the molecule is CCC1CCC(C)C(C)CCCCCCCC2CC3C=C2C(C1)C3C. The van der Waals surface area contributed by atoms with Crippen LogP contribution in [0.25, 0.3) is 0 Å². The van der Waals surface area contributed by atoms with Crippen LogP contribution >= 0.6 is 0 Å². The molecule has 144 valence electrons. The molecule has 7 atom stereocenters. The lowest BCUT2D eigenvalue weighted by atomic mass is 9.69. The van der Waals surface area contributed by atoms with E-state index in [9.17, 15) is 0 Å². The summed E-state index contributed by atoms with van der Waals surface area (Å²) in [4.78, 5) is 0. The Labute approximate surface area is 158 Å². The molecular formula is C25H44. The first-order chi connectivity index (χ1) is 12.1. The lowest BCUT2D eigenvalue weighted by molar-refractivity contribution is 0.203. The van der Waals surface area contributed by atoms with Crippen molar-refractivity contribution in [3.8, 4) is 0 Å². The molecule has 1 saturated carbocycles. The van der Waals surface area contributed by atoms with Crippen LogP contribution in [-0.2, 0) is 0 Å². The molecule has 0 heteroatoms. The summed E-state index contributed by atoms with van der Waals surface area (Å²) in [5.74, 6) is 6.60. The summed E-state index contributed by atoms with van der Waals surface area (Å²) in [6.07, 6.45) is 20.4. The van der Waals surface area contributed by atoms with Gasteiger partial charge in [-0.3, -0.25) is 0 Å². The van der Waals surface area contributed by atoms with Gasteiger partial charge in [-0.25, -0.2) is 0 Å². The number of hydrogen-bond acceptors (Lipinski definition) is 0. The molecule has 0 heterocycles. The van der Waals surface area contributed by atoms with Crippen LogP contribution in [0.1, 0.15) is 105 Å². The van der Waals surface area contributed by atoms with Crippen molar-refractivity contribution in [1.82, 2.24) is 0 Å². The zero-order chi connectivity index (χ0) is 17.8. The third kappa shape index (κ3) is 4.72. The summed E-state index contributed by atoms with van der Waals surface area (Å²) >= 11 is 0. The largest absolute Gasteiger partial charge is 0.0813 e. The van der Waals surface area contributed by atoms with Gasteiger partial charge in [0, 0.05) is 0 Å². The maximum atomic E-state index is 2.74. The first kappa shape index (κ1) is 19.5. The fourth-order valence-corrected chi connectivity index (χ4v) is 6.25. The van der Waals surface area contributed by atoms with E-state index in [1.54, 1.807) is 0 Å². The highest BCUT2D eigenvalue weighted by Gasteiger charge is 2.43. The number of hydrogen-bond donors (Lipinski definition) is 0. The molecule has 0 radical (unpaired) electrons. The van der Waals surface area contributed by atoms with Crippen LogP contribution in [0, 0.1) is 41.4 Å². The first-order valence-electron chi connectivity index (χ1n) is 11.8. The molecule has 1 fully saturated rings. The molecule has 0 nitrogen and oxygen atoms in total.